The molecule has 0 atom stereocenters. The minimum atomic E-state index is -0.330. The first-order valence-electron chi connectivity index (χ1n) is 8.05. The van der Waals surface area contributed by atoms with Crippen LogP contribution in [0.5, 0.6) is 0 Å². The van der Waals surface area contributed by atoms with Crippen LogP contribution in [0.15, 0.2) is 58.5 Å². The minimum Gasteiger partial charge on any atom is -0.325 e. The first kappa shape index (κ1) is 17.9. The molecule has 0 saturated carbocycles. The first-order chi connectivity index (χ1) is 12.5. The molecule has 0 aliphatic carbocycles. The molecule has 0 bridgehead atoms. The van der Waals surface area contributed by atoms with E-state index in [4.69, 9.17) is 0 Å². The lowest BCUT2D eigenvalue weighted by molar-refractivity contribution is -0.113. The number of aryl methyl sites for hydroxylation is 2. The summed E-state index contributed by atoms with van der Waals surface area (Å²) in [5.74, 6) is -0.0404. The number of hydrogen-bond acceptors (Lipinski definition) is 5. The average molecular weight is 366 g/mol. The summed E-state index contributed by atoms with van der Waals surface area (Å²) in [5, 5.41) is 11.2. The predicted molar refractivity (Wildman–Crippen MR) is 103 cm³/mol. The maximum Gasteiger partial charge on any atom is 0.278 e. The zero-order valence-electron chi connectivity index (χ0n) is 14.4. The second-order valence-corrected chi connectivity index (χ2v) is 6.79. The van der Waals surface area contributed by atoms with Crippen LogP contribution in [0.25, 0.3) is 11.3 Å². The van der Waals surface area contributed by atoms with Gasteiger partial charge in [0.25, 0.3) is 5.56 Å². The summed E-state index contributed by atoms with van der Waals surface area (Å²) in [4.78, 5) is 27.0. The van der Waals surface area contributed by atoms with Crippen LogP contribution in [0.2, 0.25) is 0 Å². The highest BCUT2D eigenvalue weighted by Crippen LogP contribution is 2.18. The number of anilines is 1. The number of nitrogens with one attached hydrogen (secondary N) is 2. The molecule has 0 spiro atoms. The van der Waals surface area contributed by atoms with Crippen LogP contribution in [0.3, 0.4) is 0 Å². The molecular weight excluding hydrogens is 348 g/mol. The molecule has 26 heavy (non-hydrogen) atoms. The summed E-state index contributed by atoms with van der Waals surface area (Å²) in [6, 6.07) is 15.0. The summed E-state index contributed by atoms with van der Waals surface area (Å²) in [6.07, 6.45) is 0. The van der Waals surface area contributed by atoms with Crippen molar-refractivity contribution >= 4 is 23.4 Å². The second kappa shape index (κ2) is 7.97. The zero-order valence-corrected chi connectivity index (χ0v) is 15.3. The number of amides is 1. The van der Waals surface area contributed by atoms with Crippen molar-refractivity contribution in [2.75, 3.05) is 11.1 Å². The van der Waals surface area contributed by atoms with Gasteiger partial charge in [-0.2, -0.15) is 0 Å². The fourth-order valence-corrected chi connectivity index (χ4v) is 2.97. The van der Waals surface area contributed by atoms with Crippen LogP contribution < -0.4 is 10.9 Å². The van der Waals surface area contributed by atoms with E-state index in [1.54, 1.807) is 12.1 Å². The average Bonchev–Trinajstić information content (AvgIpc) is 2.64. The van der Waals surface area contributed by atoms with Crippen LogP contribution in [-0.2, 0) is 4.79 Å². The van der Waals surface area contributed by atoms with E-state index in [0.717, 1.165) is 28.6 Å². The Balaban J connectivity index is 1.65. The Hall–Kier alpha value is -2.93. The quantitative estimate of drug-likeness (QED) is 0.677. The molecule has 1 amide bonds. The van der Waals surface area contributed by atoms with Crippen molar-refractivity contribution in [2.45, 2.75) is 19.0 Å². The van der Waals surface area contributed by atoms with Crippen LogP contribution in [0.1, 0.15) is 11.1 Å². The highest BCUT2D eigenvalue weighted by atomic mass is 32.2. The van der Waals surface area contributed by atoms with Gasteiger partial charge in [0.15, 0.2) is 10.9 Å². The van der Waals surface area contributed by atoms with Crippen LogP contribution in [0, 0.1) is 13.8 Å². The number of carbonyl (C=O) groups is 1. The van der Waals surface area contributed by atoms with Crippen LogP contribution in [-0.4, -0.2) is 26.8 Å². The SMILES string of the molecule is Cc1ccc(C)c(NC(=O)CSc2nnc(-c3ccccc3)c(=O)[nH]2)c1. The van der Waals surface area contributed by atoms with Crippen molar-refractivity contribution in [2.24, 2.45) is 0 Å². The molecule has 7 heteroatoms. The van der Waals surface area contributed by atoms with Gasteiger partial charge in [0, 0.05) is 11.3 Å². The van der Waals surface area contributed by atoms with E-state index in [1.165, 1.54) is 0 Å². The Kier molecular flexibility index (Phi) is 5.48. The van der Waals surface area contributed by atoms with E-state index in [1.807, 2.05) is 50.2 Å². The number of carbonyl (C=O) groups excluding carboxylic acids is 1. The standard InChI is InChI=1S/C19H18N4O2S/c1-12-8-9-13(2)15(10-12)20-16(24)11-26-19-21-18(25)17(22-23-19)14-6-4-3-5-7-14/h3-10H,11H2,1-2H3,(H,20,24)(H,21,23,25). The van der Waals surface area contributed by atoms with E-state index >= 15 is 0 Å². The van der Waals surface area contributed by atoms with E-state index in [2.05, 4.69) is 20.5 Å². The number of thioether (sulfide) groups is 1. The molecule has 2 aromatic carbocycles. The number of hydrogen-bond donors (Lipinski definition) is 2. The normalized spacial score (nSPS) is 10.5. The largest absolute Gasteiger partial charge is 0.325 e. The van der Waals surface area contributed by atoms with Gasteiger partial charge in [-0.1, -0.05) is 54.2 Å². The third-order valence-electron chi connectivity index (χ3n) is 3.73. The maximum absolute atomic E-state index is 12.2. The van der Waals surface area contributed by atoms with E-state index in [-0.39, 0.29) is 22.9 Å². The molecule has 0 aliphatic rings. The molecule has 3 rings (SSSR count). The van der Waals surface area contributed by atoms with E-state index in [0.29, 0.717) is 10.7 Å². The van der Waals surface area contributed by atoms with Gasteiger partial charge in [0.1, 0.15) is 0 Å². The second-order valence-electron chi connectivity index (χ2n) is 5.83. The Labute approximate surface area is 155 Å². The van der Waals surface area contributed by atoms with Crippen molar-refractivity contribution in [3.63, 3.8) is 0 Å². The van der Waals surface area contributed by atoms with Crippen molar-refractivity contribution < 1.29 is 4.79 Å². The van der Waals surface area contributed by atoms with Gasteiger partial charge < -0.3 is 5.32 Å². The van der Waals surface area contributed by atoms with Crippen molar-refractivity contribution in [3.8, 4) is 11.3 Å². The molecule has 6 nitrogen and oxygen atoms in total. The van der Waals surface area contributed by atoms with E-state index in [9.17, 15) is 9.59 Å². The number of H-pyrrole nitrogens is 1. The third kappa shape index (κ3) is 4.37. The van der Waals surface area contributed by atoms with Crippen molar-refractivity contribution in [3.05, 3.63) is 70.0 Å². The molecule has 2 N–H and O–H groups in total. The van der Waals surface area contributed by atoms with Gasteiger partial charge in [-0.3, -0.25) is 14.6 Å². The summed E-state index contributed by atoms with van der Waals surface area (Å²) in [5.41, 5.74) is 3.48. The third-order valence-corrected chi connectivity index (χ3v) is 4.59. The smallest absolute Gasteiger partial charge is 0.278 e. The Morgan fingerprint density at radius 3 is 2.62 bits per heavy atom. The summed E-state index contributed by atoms with van der Waals surface area (Å²) in [7, 11) is 0. The monoisotopic (exact) mass is 366 g/mol. The fraction of sp³-hybridized carbons (Fsp3) is 0.158. The number of aromatic amines is 1. The fourth-order valence-electron chi connectivity index (χ4n) is 2.36. The lowest BCUT2D eigenvalue weighted by Crippen LogP contribution is -2.17. The first-order valence-corrected chi connectivity index (χ1v) is 9.04. The Bertz CT molecular complexity index is 986. The molecule has 0 aliphatic heterocycles. The summed E-state index contributed by atoms with van der Waals surface area (Å²) < 4.78 is 0. The van der Waals surface area contributed by atoms with Crippen LogP contribution >= 0.6 is 11.8 Å². The van der Waals surface area contributed by atoms with Crippen molar-refractivity contribution in [1.82, 2.24) is 15.2 Å². The van der Waals surface area contributed by atoms with E-state index < -0.39 is 0 Å². The van der Waals surface area contributed by atoms with Gasteiger partial charge in [0.05, 0.1) is 5.75 Å². The molecular formula is C19H18N4O2S. The molecule has 1 aromatic heterocycles. The van der Waals surface area contributed by atoms with Crippen molar-refractivity contribution in [1.29, 1.82) is 0 Å². The van der Waals surface area contributed by atoms with Gasteiger partial charge >= 0.3 is 0 Å². The molecule has 0 fully saturated rings. The Morgan fingerprint density at radius 1 is 1.12 bits per heavy atom. The maximum atomic E-state index is 12.2. The van der Waals surface area contributed by atoms with Gasteiger partial charge in [-0.15, -0.1) is 10.2 Å². The number of benzene rings is 2. The molecule has 0 unspecified atom stereocenters. The van der Waals surface area contributed by atoms with Gasteiger partial charge in [-0.25, -0.2) is 0 Å². The number of rotatable bonds is 5. The Morgan fingerprint density at radius 2 is 1.88 bits per heavy atom. The molecule has 132 valence electrons. The van der Waals surface area contributed by atoms with Gasteiger partial charge in [-0.05, 0) is 31.0 Å². The number of nitrogens with zero attached hydrogens (tertiary/aromatic N) is 2. The highest BCUT2D eigenvalue weighted by Gasteiger charge is 2.10. The topological polar surface area (TPSA) is 87.7 Å². The lowest BCUT2D eigenvalue weighted by Gasteiger charge is -2.09. The predicted octanol–water partition coefficient (Wildman–Crippen LogP) is 3.18. The minimum absolute atomic E-state index is 0.128. The van der Waals surface area contributed by atoms with Gasteiger partial charge in [0.2, 0.25) is 5.91 Å². The summed E-state index contributed by atoms with van der Waals surface area (Å²) >= 11 is 1.13. The van der Waals surface area contributed by atoms with Crippen LogP contribution in [0.4, 0.5) is 5.69 Å². The summed E-state index contributed by atoms with van der Waals surface area (Å²) in [6.45, 7) is 3.91. The lowest BCUT2D eigenvalue weighted by atomic mass is 10.1. The zero-order chi connectivity index (χ0) is 18.5. The molecule has 1 heterocycles. The molecule has 0 saturated heterocycles. The molecule has 3 aromatic rings. The number of aromatic nitrogens is 3. The molecule has 0 radical (unpaired) electrons. The highest BCUT2D eigenvalue weighted by molar-refractivity contribution is 7.99.